The lowest BCUT2D eigenvalue weighted by Crippen LogP contribution is -2.45. The normalized spacial score (nSPS) is 20.5. The smallest absolute Gasteiger partial charge is 0.339 e. The van der Waals surface area contributed by atoms with Gasteiger partial charge in [0.2, 0.25) is 0 Å². The number of benzene rings is 2. The highest BCUT2D eigenvalue weighted by atomic mass is 35.5. The van der Waals surface area contributed by atoms with Crippen LogP contribution >= 0.6 is 23.2 Å². The minimum absolute atomic E-state index is 0.000356. The first-order chi connectivity index (χ1) is 19.6. The quantitative estimate of drug-likeness (QED) is 0.301. The van der Waals surface area contributed by atoms with Gasteiger partial charge in [0.25, 0.3) is 0 Å². The fourth-order valence-corrected chi connectivity index (χ4v) is 7.71. The summed E-state index contributed by atoms with van der Waals surface area (Å²) < 4.78 is 36.7. The van der Waals surface area contributed by atoms with Crippen LogP contribution in [0.25, 0.3) is 0 Å². The predicted octanol–water partition coefficient (Wildman–Crippen LogP) is 7.09. The van der Waals surface area contributed by atoms with Gasteiger partial charge in [-0.05, 0) is 65.6 Å². The molecule has 5 rings (SSSR count). The van der Waals surface area contributed by atoms with Crippen LogP contribution in [0.5, 0.6) is 5.75 Å². The average molecular weight is 633 g/mol. The highest BCUT2D eigenvalue weighted by Crippen LogP contribution is 2.54. The van der Waals surface area contributed by atoms with Gasteiger partial charge in [-0.3, -0.25) is 9.59 Å². The Balaban J connectivity index is 1.62. The summed E-state index contributed by atoms with van der Waals surface area (Å²) in [7, 11) is -2.54. The van der Waals surface area contributed by atoms with Crippen molar-refractivity contribution < 1.29 is 26.9 Å². The molecule has 0 fully saturated rings. The maximum atomic E-state index is 13.9. The van der Waals surface area contributed by atoms with Gasteiger partial charge in [0.1, 0.15) is 4.90 Å². The lowest BCUT2D eigenvalue weighted by atomic mass is 9.63. The molecule has 0 atom stereocenters. The van der Waals surface area contributed by atoms with Gasteiger partial charge in [-0.15, -0.1) is 0 Å². The largest absolute Gasteiger partial charge is 0.383 e. The van der Waals surface area contributed by atoms with E-state index in [2.05, 4.69) is 32.6 Å². The van der Waals surface area contributed by atoms with Gasteiger partial charge < -0.3 is 13.8 Å². The summed E-state index contributed by atoms with van der Waals surface area (Å²) >= 11 is 12.5. The standard InChI is InChI=1S/C32H35Cl2NO6S/c1-31(2)15-23-29(25(36)17-31)28(30-24(35(23)12-13-40-5)16-32(3,4)18-26(30)37)19-6-11-27(22(34)14-19)41-42(38,39)21-9-7-20(33)8-10-21/h6-11,14,28H,12-13,15-18H2,1-5H3. The summed E-state index contributed by atoms with van der Waals surface area (Å²) in [5.74, 6) is -0.664. The maximum Gasteiger partial charge on any atom is 0.339 e. The van der Waals surface area contributed by atoms with Crippen molar-refractivity contribution in [2.24, 2.45) is 10.8 Å². The van der Waals surface area contributed by atoms with E-state index in [-0.39, 0.29) is 38.1 Å². The van der Waals surface area contributed by atoms with Gasteiger partial charge in [0, 0.05) is 60.0 Å². The van der Waals surface area contributed by atoms with Crippen LogP contribution in [0.15, 0.2) is 69.9 Å². The molecule has 2 aliphatic carbocycles. The van der Waals surface area contributed by atoms with Crippen molar-refractivity contribution in [1.29, 1.82) is 0 Å². The molecule has 0 radical (unpaired) electrons. The SMILES string of the molecule is COCCN1C2=C(C(=O)CC(C)(C)C2)C(c2ccc(OS(=O)(=O)c3ccc(Cl)cc3)c(Cl)c2)C2=C1CC(C)(C)CC2=O. The highest BCUT2D eigenvalue weighted by Gasteiger charge is 2.49. The third-order valence-electron chi connectivity index (χ3n) is 8.13. The monoisotopic (exact) mass is 631 g/mol. The van der Waals surface area contributed by atoms with Crippen LogP contribution in [0, 0.1) is 10.8 Å². The molecule has 0 amide bonds. The molecule has 0 saturated carbocycles. The van der Waals surface area contributed by atoms with Crippen molar-refractivity contribution in [1.82, 2.24) is 4.90 Å². The Labute approximate surface area is 257 Å². The summed E-state index contributed by atoms with van der Waals surface area (Å²) in [6, 6.07) is 10.4. The second-order valence-corrected chi connectivity index (χ2v) is 15.3. The minimum Gasteiger partial charge on any atom is -0.383 e. The fourth-order valence-electron chi connectivity index (χ4n) is 6.37. The van der Waals surface area contributed by atoms with Gasteiger partial charge in [0.15, 0.2) is 17.3 Å². The lowest BCUT2D eigenvalue weighted by molar-refractivity contribution is -0.119. The van der Waals surface area contributed by atoms with Gasteiger partial charge in [-0.1, -0.05) is 57.0 Å². The first kappa shape index (κ1) is 30.8. The van der Waals surface area contributed by atoms with Gasteiger partial charge >= 0.3 is 10.1 Å². The number of hydrogen-bond acceptors (Lipinski definition) is 7. The predicted molar refractivity (Wildman–Crippen MR) is 162 cm³/mol. The molecule has 1 heterocycles. The molecule has 0 saturated heterocycles. The maximum absolute atomic E-state index is 13.9. The number of carbonyl (C=O) groups is 2. The van der Waals surface area contributed by atoms with E-state index in [1.165, 1.54) is 30.3 Å². The fraction of sp³-hybridized carbons (Fsp3) is 0.438. The van der Waals surface area contributed by atoms with E-state index in [0.717, 1.165) is 11.4 Å². The number of ether oxygens (including phenoxy) is 1. The number of allylic oxidation sites excluding steroid dienone is 4. The van der Waals surface area contributed by atoms with E-state index < -0.39 is 16.0 Å². The molecule has 0 spiro atoms. The van der Waals surface area contributed by atoms with Crippen molar-refractivity contribution in [3.05, 3.63) is 80.6 Å². The van der Waals surface area contributed by atoms with Crippen LogP contribution in [0.1, 0.15) is 64.9 Å². The molecule has 0 unspecified atom stereocenters. The molecule has 10 heteroatoms. The molecule has 42 heavy (non-hydrogen) atoms. The van der Waals surface area contributed by atoms with Crippen LogP contribution in [0.4, 0.5) is 0 Å². The second kappa shape index (κ2) is 11.1. The number of halogens is 2. The van der Waals surface area contributed by atoms with E-state index in [9.17, 15) is 18.0 Å². The first-order valence-corrected chi connectivity index (χ1v) is 16.1. The van der Waals surface area contributed by atoms with E-state index in [0.29, 0.717) is 60.6 Å². The summed E-state index contributed by atoms with van der Waals surface area (Å²) in [6.45, 7) is 9.32. The third kappa shape index (κ3) is 5.91. The molecule has 224 valence electrons. The number of carbonyl (C=O) groups excluding carboxylic acids is 2. The van der Waals surface area contributed by atoms with Crippen LogP contribution in [-0.2, 0) is 24.4 Å². The van der Waals surface area contributed by atoms with Gasteiger partial charge in [-0.2, -0.15) is 8.42 Å². The van der Waals surface area contributed by atoms with Crippen molar-refractivity contribution in [2.45, 2.75) is 64.2 Å². The Bertz CT molecular complexity index is 1570. The van der Waals surface area contributed by atoms with Crippen LogP contribution in [-0.4, -0.2) is 45.1 Å². The summed E-state index contributed by atoms with van der Waals surface area (Å²) in [5.41, 5.74) is 3.20. The van der Waals surface area contributed by atoms with E-state index >= 15 is 0 Å². The average Bonchev–Trinajstić information content (AvgIpc) is 2.87. The number of rotatable bonds is 7. The lowest BCUT2D eigenvalue weighted by Gasteiger charge is -2.49. The Morgan fingerprint density at radius 1 is 0.857 bits per heavy atom. The first-order valence-electron chi connectivity index (χ1n) is 13.9. The Morgan fingerprint density at radius 3 is 1.90 bits per heavy atom. The van der Waals surface area contributed by atoms with Crippen molar-refractivity contribution >= 4 is 44.9 Å². The summed E-state index contributed by atoms with van der Waals surface area (Å²) in [4.78, 5) is 29.8. The zero-order valence-electron chi connectivity index (χ0n) is 24.4. The Kier molecular flexibility index (Phi) is 8.16. The molecular weight excluding hydrogens is 597 g/mol. The van der Waals surface area contributed by atoms with Gasteiger partial charge in [0.05, 0.1) is 11.6 Å². The van der Waals surface area contributed by atoms with Crippen molar-refractivity contribution in [2.75, 3.05) is 20.3 Å². The molecule has 2 aromatic rings. The topological polar surface area (TPSA) is 90.0 Å². The number of hydrogen-bond donors (Lipinski definition) is 0. The van der Waals surface area contributed by atoms with Gasteiger partial charge in [-0.25, -0.2) is 0 Å². The number of methoxy groups -OCH3 is 1. The number of ketones is 2. The van der Waals surface area contributed by atoms with Crippen molar-refractivity contribution in [3.8, 4) is 5.75 Å². The Morgan fingerprint density at radius 2 is 1.40 bits per heavy atom. The van der Waals surface area contributed by atoms with Crippen molar-refractivity contribution in [3.63, 3.8) is 0 Å². The second-order valence-electron chi connectivity index (χ2n) is 12.9. The molecule has 0 bridgehead atoms. The molecular formula is C32H35Cl2NO6S. The van der Waals surface area contributed by atoms with Crippen LogP contribution < -0.4 is 4.18 Å². The highest BCUT2D eigenvalue weighted by molar-refractivity contribution is 7.87. The zero-order valence-corrected chi connectivity index (χ0v) is 26.8. The van der Waals surface area contributed by atoms with Crippen LogP contribution in [0.3, 0.4) is 0 Å². The van der Waals surface area contributed by atoms with E-state index in [1.807, 2.05) is 0 Å². The Hall–Kier alpha value is -2.65. The molecule has 2 aromatic carbocycles. The molecule has 7 nitrogen and oxygen atoms in total. The van der Waals surface area contributed by atoms with E-state index in [1.54, 1.807) is 19.2 Å². The number of Topliss-reactive ketones (excluding diaryl/α,β-unsaturated/α-hetero) is 2. The van der Waals surface area contributed by atoms with Crippen LogP contribution in [0.2, 0.25) is 10.0 Å². The molecule has 3 aliphatic rings. The summed E-state index contributed by atoms with van der Waals surface area (Å²) in [6.07, 6.45) is 2.07. The minimum atomic E-state index is -4.18. The molecule has 0 N–H and O–H groups in total. The zero-order chi connectivity index (χ0) is 30.6. The number of nitrogens with zero attached hydrogens (tertiary/aromatic N) is 1. The molecule has 0 aromatic heterocycles. The molecule has 1 aliphatic heterocycles. The summed E-state index contributed by atoms with van der Waals surface area (Å²) in [5, 5.41) is 0.455. The third-order valence-corrected chi connectivity index (χ3v) is 9.93. The van der Waals surface area contributed by atoms with E-state index in [4.69, 9.17) is 32.1 Å².